The van der Waals surface area contributed by atoms with E-state index in [0.29, 0.717) is 17.5 Å². The van der Waals surface area contributed by atoms with Crippen molar-refractivity contribution in [2.45, 2.75) is 19.9 Å². The SMILES string of the molecule is CCOCCCNC(=S)NCc1ncon1. The third kappa shape index (κ3) is 5.62. The molecule has 0 saturated heterocycles. The van der Waals surface area contributed by atoms with E-state index in [0.717, 1.165) is 26.2 Å². The van der Waals surface area contributed by atoms with E-state index in [1.165, 1.54) is 6.39 Å². The van der Waals surface area contributed by atoms with Crippen molar-refractivity contribution in [2.24, 2.45) is 0 Å². The molecule has 0 fully saturated rings. The zero-order valence-electron chi connectivity index (χ0n) is 9.23. The van der Waals surface area contributed by atoms with Gasteiger partial charge in [0, 0.05) is 19.8 Å². The maximum absolute atomic E-state index is 5.20. The normalized spacial score (nSPS) is 10.1. The number of ether oxygens (including phenoxy) is 1. The number of thiocarbonyl (C=S) groups is 1. The van der Waals surface area contributed by atoms with Gasteiger partial charge >= 0.3 is 0 Å². The van der Waals surface area contributed by atoms with Crippen LogP contribution in [0.5, 0.6) is 0 Å². The van der Waals surface area contributed by atoms with Gasteiger partial charge in [-0.1, -0.05) is 5.16 Å². The second-order valence-corrected chi connectivity index (χ2v) is 3.42. The van der Waals surface area contributed by atoms with E-state index in [9.17, 15) is 0 Å². The molecule has 1 aromatic rings. The Hall–Kier alpha value is -1.21. The molecule has 0 spiro atoms. The molecular formula is C9H16N4O2S. The van der Waals surface area contributed by atoms with Gasteiger partial charge in [0.15, 0.2) is 10.9 Å². The Morgan fingerprint density at radius 1 is 1.56 bits per heavy atom. The maximum atomic E-state index is 5.20. The number of hydrogen-bond donors (Lipinski definition) is 2. The summed E-state index contributed by atoms with van der Waals surface area (Å²) in [4.78, 5) is 3.86. The van der Waals surface area contributed by atoms with Crippen molar-refractivity contribution in [1.82, 2.24) is 20.8 Å². The van der Waals surface area contributed by atoms with Gasteiger partial charge in [-0.05, 0) is 25.6 Å². The van der Waals surface area contributed by atoms with Gasteiger partial charge in [0.05, 0.1) is 6.54 Å². The lowest BCUT2D eigenvalue weighted by Gasteiger charge is -2.08. The van der Waals surface area contributed by atoms with Crippen molar-refractivity contribution in [3.05, 3.63) is 12.2 Å². The lowest BCUT2D eigenvalue weighted by molar-refractivity contribution is 0.145. The Labute approximate surface area is 99.7 Å². The first-order valence-corrected chi connectivity index (χ1v) is 5.58. The van der Waals surface area contributed by atoms with Crippen LogP contribution in [0.3, 0.4) is 0 Å². The summed E-state index contributed by atoms with van der Waals surface area (Å²) in [6.07, 6.45) is 2.22. The molecule has 0 aliphatic rings. The summed E-state index contributed by atoms with van der Waals surface area (Å²) >= 11 is 5.06. The van der Waals surface area contributed by atoms with Crippen LogP contribution >= 0.6 is 12.2 Å². The molecule has 7 heteroatoms. The van der Waals surface area contributed by atoms with Crippen LogP contribution in [0, 0.1) is 0 Å². The third-order valence-corrected chi connectivity index (χ3v) is 2.06. The zero-order chi connectivity index (χ0) is 11.6. The summed E-state index contributed by atoms with van der Waals surface area (Å²) in [5, 5.41) is 10.3. The van der Waals surface area contributed by atoms with Crippen LogP contribution < -0.4 is 10.6 Å². The highest BCUT2D eigenvalue weighted by Gasteiger charge is 1.99. The number of rotatable bonds is 7. The first-order valence-electron chi connectivity index (χ1n) is 5.17. The summed E-state index contributed by atoms with van der Waals surface area (Å²) in [5.74, 6) is 0.582. The fourth-order valence-corrected chi connectivity index (χ4v) is 1.19. The molecule has 90 valence electrons. The van der Waals surface area contributed by atoms with Crippen molar-refractivity contribution in [3.63, 3.8) is 0 Å². The van der Waals surface area contributed by atoms with E-state index in [2.05, 4.69) is 25.3 Å². The van der Waals surface area contributed by atoms with Crippen molar-refractivity contribution in [2.75, 3.05) is 19.8 Å². The molecule has 0 radical (unpaired) electrons. The molecule has 2 N–H and O–H groups in total. The van der Waals surface area contributed by atoms with Crippen LogP contribution in [-0.4, -0.2) is 35.0 Å². The quantitative estimate of drug-likeness (QED) is 0.533. The minimum absolute atomic E-state index is 0.466. The Bertz CT molecular complexity index is 292. The highest BCUT2D eigenvalue weighted by atomic mass is 32.1. The molecule has 1 rings (SSSR count). The number of nitrogens with one attached hydrogen (secondary N) is 2. The summed E-state index contributed by atoms with van der Waals surface area (Å²) in [7, 11) is 0. The highest BCUT2D eigenvalue weighted by molar-refractivity contribution is 7.80. The lowest BCUT2D eigenvalue weighted by Crippen LogP contribution is -2.35. The molecular weight excluding hydrogens is 228 g/mol. The molecule has 6 nitrogen and oxygen atoms in total. The zero-order valence-corrected chi connectivity index (χ0v) is 10.0. The topological polar surface area (TPSA) is 72.2 Å². The van der Waals surface area contributed by atoms with Gasteiger partial charge in [0.25, 0.3) is 0 Å². The van der Waals surface area contributed by atoms with Crippen LogP contribution in [0.4, 0.5) is 0 Å². The van der Waals surface area contributed by atoms with Crippen molar-refractivity contribution in [1.29, 1.82) is 0 Å². The minimum Gasteiger partial charge on any atom is -0.382 e. The summed E-state index contributed by atoms with van der Waals surface area (Å²) in [6, 6.07) is 0. The molecule has 1 aromatic heterocycles. The van der Waals surface area contributed by atoms with Gasteiger partial charge in [-0.3, -0.25) is 0 Å². The Kier molecular flexibility index (Phi) is 6.43. The van der Waals surface area contributed by atoms with Gasteiger partial charge in [0.1, 0.15) is 0 Å². The van der Waals surface area contributed by atoms with E-state index in [4.69, 9.17) is 17.0 Å². The standard InChI is InChI=1S/C9H16N4O2S/c1-2-14-5-3-4-10-9(16)11-6-8-12-7-15-13-8/h7H,2-6H2,1H3,(H2,10,11,16). The van der Waals surface area contributed by atoms with Gasteiger partial charge in [-0.2, -0.15) is 4.98 Å². The average Bonchev–Trinajstić information content (AvgIpc) is 2.79. The van der Waals surface area contributed by atoms with Crippen molar-refractivity contribution < 1.29 is 9.26 Å². The van der Waals surface area contributed by atoms with E-state index in [1.807, 2.05) is 6.92 Å². The second-order valence-electron chi connectivity index (χ2n) is 3.01. The second kappa shape index (κ2) is 8.00. The molecule has 0 amide bonds. The van der Waals surface area contributed by atoms with Crippen molar-refractivity contribution in [3.8, 4) is 0 Å². The Balaban J connectivity index is 1.99. The first-order chi connectivity index (χ1) is 7.83. The van der Waals surface area contributed by atoms with E-state index >= 15 is 0 Å². The predicted octanol–water partition coefficient (Wildman–Crippen LogP) is 0.460. The predicted molar refractivity (Wildman–Crippen MR) is 62.8 cm³/mol. The van der Waals surface area contributed by atoms with Crippen LogP contribution in [0.2, 0.25) is 0 Å². The summed E-state index contributed by atoms with van der Waals surface area (Å²) in [6.45, 7) is 4.73. The van der Waals surface area contributed by atoms with Crippen molar-refractivity contribution >= 4 is 17.3 Å². The largest absolute Gasteiger partial charge is 0.382 e. The van der Waals surface area contributed by atoms with E-state index in [1.54, 1.807) is 0 Å². The molecule has 0 saturated carbocycles. The third-order valence-electron chi connectivity index (χ3n) is 1.77. The van der Waals surface area contributed by atoms with Gasteiger partial charge in [0.2, 0.25) is 6.39 Å². The molecule has 0 atom stereocenters. The number of nitrogens with zero attached hydrogens (tertiary/aromatic N) is 2. The van der Waals surface area contributed by atoms with Gasteiger partial charge in [-0.15, -0.1) is 0 Å². The smallest absolute Gasteiger partial charge is 0.213 e. The molecule has 1 heterocycles. The molecule has 0 aromatic carbocycles. The average molecular weight is 244 g/mol. The van der Waals surface area contributed by atoms with Crippen LogP contribution in [0.15, 0.2) is 10.9 Å². The number of hydrogen-bond acceptors (Lipinski definition) is 5. The van der Waals surface area contributed by atoms with E-state index in [-0.39, 0.29) is 0 Å². The Morgan fingerprint density at radius 2 is 2.44 bits per heavy atom. The fourth-order valence-electron chi connectivity index (χ4n) is 1.01. The van der Waals surface area contributed by atoms with Crippen LogP contribution in [-0.2, 0) is 11.3 Å². The Morgan fingerprint density at radius 3 is 3.12 bits per heavy atom. The highest BCUT2D eigenvalue weighted by Crippen LogP contribution is 1.86. The number of aromatic nitrogens is 2. The maximum Gasteiger partial charge on any atom is 0.213 e. The fraction of sp³-hybridized carbons (Fsp3) is 0.667. The molecule has 0 unspecified atom stereocenters. The minimum atomic E-state index is 0.466. The summed E-state index contributed by atoms with van der Waals surface area (Å²) < 4.78 is 9.79. The first kappa shape index (κ1) is 12.9. The lowest BCUT2D eigenvalue weighted by atomic mass is 10.4. The van der Waals surface area contributed by atoms with Gasteiger partial charge < -0.3 is 19.9 Å². The van der Waals surface area contributed by atoms with Gasteiger partial charge in [-0.25, -0.2) is 0 Å². The monoisotopic (exact) mass is 244 g/mol. The molecule has 0 aliphatic heterocycles. The molecule has 16 heavy (non-hydrogen) atoms. The van der Waals surface area contributed by atoms with E-state index < -0.39 is 0 Å². The van der Waals surface area contributed by atoms with Crippen LogP contribution in [0.25, 0.3) is 0 Å². The molecule has 0 aliphatic carbocycles. The van der Waals surface area contributed by atoms with Crippen LogP contribution in [0.1, 0.15) is 19.2 Å². The molecule has 0 bridgehead atoms. The summed E-state index contributed by atoms with van der Waals surface area (Å²) in [5.41, 5.74) is 0.